The van der Waals surface area contributed by atoms with Crippen LogP contribution in [0.25, 0.3) is 0 Å². The molecule has 0 fully saturated rings. The summed E-state index contributed by atoms with van der Waals surface area (Å²) in [5.74, 6) is -0.410. The van der Waals surface area contributed by atoms with E-state index in [1.807, 2.05) is 17.5 Å². The fourth-order valence-electron chi connectivity index (χ4n) is 3.22. The maximum absolute atomic E-state index is 13.6. The summed E-state index contributed by atoms with van der Waals surface area (Å²) in [6.07, 6.45) is -4.12. The van der Waals surface area contributed by atoms with E-state index in [2.05, 4.69) is 5.10 Å². The standard InChI is InChI=1S/C20H14F4N2S/c21-13-7-9-14(10-8-13)26-18(12-17(25-26)19-6-3-11-27-19)15-4-1-2-5-16(15)20(22,23)24/h1-11,18H,12H2. The van der Waals surface area contributed by atoms with Gasteiger partial charge in [0.25, 0.3) is 0 Å². The molecular weight excluding hydrogens is 376 g/mol. The van der Waals surface area contributed by atoms with Gasteiger partial charge >= 0.3 is 6.18 Å². The van der Waals surface area contributed by atoms with Gasteiger partial charge in [-0.1, -0.05) is 24.3 Å². The molecule has 0 radical (unpaired) electrons. The smallest absolute Gasteiger partial charge is 0.257 e. The predicted molar refractivity (Wildman–Crippen MR) is 98.5 cm³/mol. The van der Waals surface area contributed by atoms with Crippen LogP contribution in [0.5, 0.6) is 0 Å². The maximum atomic E-state index is 13.6. The van der Waals surface area contributed by atoms with Gasteiger partial charge in [-0.05, 0) is 47.3 Å². The Morgan fingerprint density at radius 3 is 2.37 bits per heavy atom. The average molecular weight is 390 g/mol. The summed E-state index contributed by atoms with van der Waals surface area (Å²) < 4.78 is 54.0. The highest BCUT2D eigenvalue weighted by Gasteiger charge is 2.39. The van der Waals surface area contributed by atoms with Crippen LogP contribution in [0.3, 0.4) is 0 Å². The number of thiophene rings is 1. The van der Waals surface area contributed by atoms with Gasteiger partial charge in [-0.2, -0.15) is 18.3 Å². The molecule has 1 atom stereocenters. The number of benzene rings is 2. The quantitative estimate of drug-likeness (QED) is 0.482. The highest BCUT2D eigenvalue weighted by atomic mass is 32.1. The number of alkyl halides is 3. The Bertz CT molecular complexity index is 962. The highest BCUT2D eigenvalue weighted by molar-refractivity contribution is 7.12. The minimum atomic E-state index is -4.46. The maximum Gasteiger partial charge on any atom is 0.416 e. The van der Waals surface area contributed by atoms with Gasteiger partial charge in [-0.3, -0.25) is 5.01 Å². The van der Waals surface area contributed by atoms with Crippen molar-refractivity contribution in [2.75, 3.05) is 5.01 Å². The summed E-state index contributed by atoms with van der Waals surface area (Å²) in [4.78, 5) is 0.911. The third-order valence-corrected chi connectivity index (χ3v) is 5.35. The second-order valence-electron chi connectivity index (χ2n) is 6.15. The molecule has 2 aromatic carbocycles. The summed E-state index contributed by atoms with van der Waals surface area (Å²) in [5, 5.41) is 8.04. The predicted octanol–water partition coefficient (Wildman–Crippen LogP) is 6.26. The molecule has 0 bridgehead atoms. The van der Waals surface area contributed by atoms with E-state index in [1.54, 1.807) is 11.1 Å². The van der Waals surface area contributed by atoms with Crippen LogP contribution in [0.15, 0.2) is 71.1 Å². The third-order valence-electron chi connectivity index (χ3n) is 4.43. The van der Waals surface area contributed by atoms with E-state index >= 15 is 0 Å². The van der Waals surface area contributed by atoms with Crippen LogP contribution >= 0.6 is 11.3 Å². The lowest BCUT2D eigenvalue weighted by atomic mass is 9.95. The zero-order valence-electron chi connectivity index (χ0n) is 13.9. The van der Waals surface area contributed by atoms with E-state index in [1.165, 1.54) is 47.7 Å². The van der Waals surface area contributed by atoms with Crippen LogP contribution in [0.2, 0.25) is 0 Å². The molecule has 0 amide bonds. The molecule has 2 nitrogen and oxygen atoms in total. The first-order valence-electron chi connectivity index (χ1n) is 8.26. The molecule has 1 aromatic heterocycles. The number of nitrogens with zero attached hydrogens (tertiary/aromatic N) is 2. The van der Waals surface area contributed by atoms with E-state index < -0.39 is 23.6 Å². The van der Waals surface area contributed by atoms with E-state index in [0.29, 0.717) is 12.1 Å². The molecule has 0 aliphatic carbocycles. The molecular formula is C20H14F4N2S. The van der Waals surface area contributed by atoms with Gasteiger partial charge in [0.15, 0.2) is 0 Å². The first-order valence-corrected chi connectivity index (χ1v) is 9.14. The lowest BCUT2D eigenvalue weighted by Gasteiger charge is -2.26. The Balaban J connectivity index is 1.81. The number of halogens is 4. The molecule has 7 heteroatoms. The summed E-state index contributed by atoms with van der Waals surface area (Å²) in [7, 11) is 0. The van der Waals surface area contributed by atoms with E-state index in [-0.39, 0.29) is 5.56 Å². The SMILES string of the molecule is Fc1ccc(N2N=C(c3cccs3)CC2c2ccccc2C(F)(F)F)cc1. The second kappa shape index (κ2) is 6.81. The van der Waals surface area contributed by atoms with Crippen LogP contribution < -0.4 is 5.01 Å². The summed E-state index contributed by atoms with van der Waals surface area (Å²) >= 11 is 1.49. The minimum Gasteiger partial charge on any atom is -0.257 e. The average Bonchev–Trinajstić information content (AvgIpc) is 3.31. The van der Waals surface area contributed by atoms with Gasteiger partial charge in [-0.25, -0.2) is 4.39 Å². The van der Waals surface area contributed by atoms with Crippen LogP contribution in [0, 0.1) is 5.82 Å². The van der Waals surface area contributed by atoms with Crippen molar-refractivity contribution < 1.29 is 17.6 Å². The van der Waals surface area contributed by atoms with Gasteiger partial charge in [-0.15, -0.1) is 11.3 Å². The van der Waals surface area contributed by atoms with Crippen molar-refractivity contribution >= 4 is 22.7 Å². The molecule has 1 aliphatic rings. The van der Waals surface area contributed by atoms with Crippen LogP contribution in [-0.2, 0) is 6.18 Å². The zero-order chi connectivity index (χ0) is 19.0. The lowest BCUT2D eigenvalue weighted by Crippen LogP contribution is -2.22. The molecule has 0 saturated carbocycles. The number of hydrogen-bond donors (Lipinski definition) is 0. The van der Waals surface area contributed by atoms with Crippen molar-refractivity contribution in [2.24, 2.45) is 5.10 Å². The first-order chi connectivity index (χ1) is 12.9. The Kier molecular flexibility index (Phi) is 4.47. The van der Waals surface area contributed by atoms with Gasteiger partial charge in [0.05, 0.1) is 27.9 Å². The lowest BCUT2D eigenvalue weighted by molar-refractivity contribution is -0.138. The van der Waals surface area contributed by atoms with Gasteiger partial charge in [0.2, 0.25) is 0 Å². The number of hydrogen-bond acceptors (Lipinski definition) is 3. The zero-order valence-corrected chi connectivity index (χ0v) is 14.8. The summed E-state index contributed by atoms with van der Waals surface area (Å²) in [5.41, 5.74) is 0.746. The highest BCUT2D eigenvalue weighted by Crippen LogP contribution is 2.42. The molecule has 0 N–H and O–H groups in total. The fraction of sp³-hybridized carbons (Fsp3) is 0.150. The van der Waals surface area contributed by atoms with Crippen molar-refractivity contribution in [1.29, 1.82) is 0 Å². The Hall–Kier alpha value is -2.67. The van der Waals surface area contributed by atoms with Crippen molar-refractivity contribution in [3.8, 4) is 0 Å². The molecule has 3 aromatic rings. The van der Waals surface area contributed by atoms with Crippen LogP contribution in [0.4, 0.5) is 23.2 Å². The Morgan fingerprint density at radius 2 is 1.70 bits per heavy atom. The topological polar surface area (TPSA) is 15.6 Å². The van der Waals surface area contributed by atoms with Gasteiger partial charge in [0.1, 0.15) is 5.82 Å². The van der Waals surface area contributed by atoms with Crippen molar-refractivity contribution in [3.63, 3.8) is 0 Å². The minimum absolute atomic E-state index is 0.157. The molecule has 4 rings (SSSR count). The molecule has 138 valence electrons. The first kappa shape index (κ1) is 17.7. The van der Waals surface area contributed by atoms with Crippen molar-refractivity contribution in [2.45, 2.75) is 18.6 Å². The third kappa shape index (κ3) is 3.47. The number of anilines is 1. The summed E-state index contributed by atoms with van der Waals surface area (Å²) in [6, 6.07) is 14.3. The normalized spacial score (nSPS) is 17.3. The van der Waals surface area contributed by atoms with E-state index in [9.17, 15) is 17.6 Å². The summed E-state index contributed by atoms with van der Waals surface area (Å²) in [6.45, 7) is 0. The molecule has 2 heterocycles. The number of hydrazone groups is 1. The fourth-order valence-corrected chi connectivity index (χ4v) is 3.94. The molecule has 27 heavy (non-hydrogen) atoms. The molecule has 1 aliphatic heterocycles. The largest absolute Gasteiger partial charge is 0.416 e. The Labute approximate surface area is 157 Å². The Morgan fingerprint density at radius 1 is 0.963 bits per heavy atom. The van der Waals surface area contributed by atoms with Crippen molar-refractivity contribution in [3.05, 3.63) is 87.9 Å². The van der Waals surface area contributed by atoms with Gasteiger partial charge in [0, 0.05) is 6.42 Å². The molecule has 1 unspecified atom stereocenters. The number of rotatable bonds is 3. The molecule has 0 saturated heterocycles. The van der Waals surface area contributed by atoms with Crippen molar-refractivity contribution in [1.82, 2.24) is 0 Å². The van der Waals surface area contributed by atoms with E-state index in [0.717, 1.165) is 16.7 Å². The van der Waals surface area contributed by atoms with Crippen LogP contribution in [-0.4, -0.2) is 5.71 Å². The van der Waals surface area contributed by atoms with E-state index in [4.69, 9.17) is 0 Å². The van der Waals surface area contributed by atoms with Gasteiger partial charge < -0.3 is 0 Å². The second-order valence-corrected chi connectivity index (χ2v) is 7.10. The molecule has 0 spiro atoms. The monoisotopic (exact) mass is 390 g/mol. The van der Waals surface area contributed by atoms with Crippen LogP contribution in [0.1, 0.15) is 28.5 Å².